The first kappa shape index (κ1) is 23.1. The number of guanidine groups is 1. The molecule has 0 saturated heterocycles. The van der Waals surface area contributed by atoms with Crippen LogP contribution in [0.4, 0.5) is 0 Å². The number of nitrogens with zero attached hydrogens (tertiary/aromatic N) is 3. The molecule has 0 aliphatic rings. The number of pyridine rings is 1. The first-order valence-corrected chi connectivity index (χ1v) is 8.79. The normalized spacial score (nSPS) is 11.2. The first-order chi connectivity index (χ1) is 11.2. The Hall–Kier alpha value is -0.890. The molecule has 5 nitrogen and oxygen atoms in total. The average Bonchev–Trinajstić information content (AvgIpc) is 2.55. The summed E-state index contributed by atoms with van der Waals surface area (Å²) >= 11 is 0. The Morgan fingerprint density at radius 2 is 1.83 bits per heavy atom. The minimum atomic E-state index is 0. The van der Waals surface area contributed by atoms with E-state index in [1.165, 1.54) is 38.6 Å². The van der Waals surface area contributed by atoms with E-state index in [1.807, 2.05) is 24.4 Å². The molecule has 138 valence electrons. The number of hydrogen-bond acceptors (Lipinski definition) is 3. The molecule has 1 heterocycles. The lowest BCUT2D eigenvalue weighted by molar-refractivity contribution is 0.389. The number of halogens is 1. The molecule has 1 rings (SSSR count). The van der Waals surface area contributed by atoms with E-state index in [4.69, 9.17) is 0 Å². The molecule has 1 aromatic heterocycles. The molecule has 0 atom stereocenters. The summed E-state index contributed by atoms with van der Waals surface area (Å²) in [6.07, 6.45) is 8.22. The molecule has 0 bridgehead atoms. The molecule has 0 aromatic carbocycles. The quantitative estimate of drug-likeness (QED) is 0.237. The Bertz CT molecular complexity index is 423. The van der Waals surface area contributed by atoms with Crippen LogP contribution in [0, 0.1) is 0 Å². The molecule has 1 aromatic rings. The van der Waals surface area contributed by atoms with E-state index in [1.54, 1.807) is 0 Å². The Labute approximate surface area is 164 Å². The summed E-state index contributed by atoms with van der Waals surface area (Å²) in [5.74, 6) is 0.880. The highest BCUT2D eigenvalue weighted by molar-refractivity contribution is 14.0. The fraction of sp³-hybridized carbons (Fsp3) is 0.667. The van der Waals surface area contributed by atoms with E-state index in [0.29, 0.717) is 6.54 Å². The standard InChI is InChI=1S/C18H33N5.HI/c1-4-19-18(22-16-17-12-8-10-13-20-17)21-14-9-6-5-7-11-15-23(2)3;/h8,10,12-13H,4-7,9,11,14-16H2,1-3H3,(H2,19,21,22);1H. The Morgan fingerprint density at radius 3 is 2.50 bits per heavy atom. The number of aliphatic imine (C=N–C) groups is 1. The van der Waals surface area contributed by atoms with Crippen LogP contribution in [0.2, 0.25) is 0 Å². The molecule has 0 saturated carbocycles. The number of rotatable bonds is 11. The van der Waals surface area contributed by atoms with Crippen molar-refractivity contribution in [3.8, 4) is 0 Å². The van der Waals surface area contributed by atoms with Crippen LogP contribution in [0.25, 0.3) is 0 Å². The third-order valence-corrected chi connectivity index (χ3v) is 3.54. The lowest BCUT2D eigenvalue weighted by atomic mass is 10.1. The van der Waals surface area contributed by atoms with Gasteiger partial charge in [-0.2, -0.15) is 0 Å². The Kier molecular flexibility index (Phi) is 15.0. The van der Waals surface area contributed by atoms with Crippen LogP contribution in [0.3, 0.4) is 0 Å². The van der Waals surface area contributed by atoms with Gasteiger partial charge in [0.15, 0.2) is 5.96 Å². The molecule has 0 aliphatic carbocycles. The van der Waals surface area contributed by atoms with E-state index in [9.17, 15) is 0 Å². The summed E-state index contributed by atoms with van der Waals surface area (Å²) in [6.45, 7) is 5.74. The monoisotopic (exact) mass is 447 g/mol. The Balaban J connectivity index is 0.00000529. The van der Waals surface area contributed by atoms with Gasteiger partial charge in [-0.1, -0.05) is 25.3 Å². The van der Waals surface area contributed by atoms with E-state index >= 15 is 0 Å². The molecular weight excluding hydrogens is 413 g/mol. The molecule has 0 unspecified atom stereocenters. The van der Waals surface area contributed by atoms with Crippen molar-refractivity contribution in [3.63, 3.8) is 0 Å². The van der Waals surface area contributed by atoms with Crippen molar-refractivity contribution in [2.75, 3.05) is 33.7 Å². The number of nitrogens with one attached hydrogen (secondary N) is 2. The molecule has 0 radical (unpaired) electrons. The molecule has 6 heteroatoms. The van der Waals surface area contributed by atoms with Gasteiger partial charge in [-0.3, -0.25) is 4.98 Å². The molecule has 24 heavy (non-hydrogen) atoms. The average molecular weight is 447 g/mol. The number of aromatic nitrogens is 1. The topological polar surface area (TPSA) is 52.6 Å². The van der Waals surface area contributed by atoms with Crippen molar-refractivity contribution >= 4 is 29.9 Å². The van der Waals surface area contributed by atoms with Crippen LogP contribution >= 0.6 is 24.0 Å². The van der Waals surface area contributed by atoms with Gasteiger partial charge < -0.3 is 15.5 Å². The second-order valence-electron chi connectivity index (χ2n) is 6.01. The van der Waals surface area contributed by atoms with Crippen LogP contribution in [-0.2, 0) is 6.54 Å². The molecule has 2 N–H and O–H groups in total. The van der Waals surface area contributed by atoms with E-state index < -0.39 is 0 Å². The van der Waals surface area contributed by atoms with E-state index in [0.717, 1.165) is 24.7 Å². The number of unbranched alkanes of at least 4 members (excludes halogenated alkanes) is 4. The maximum Gasteiger partial charge on any atom is 0.191 e. The minimum Gasteiger partial charge on any atom is -0.357 e. The van der Waals surface area contributed by atoms with Gasteiger partial charge >= 0.3 is 0 Å². The summed E-state index contributed by atoms with van der Waals surface area (Å²) in [7, 11) is 4.27. The molecular formula is C18H34IN5. The summed E-state index contributed by atoms with van der Waals surface area (Å²) in [5, 5.41) is 6.69. The fourth-order valence-electron chi connectivity index (χ4n) is 2.28. The predicted octanol–water partition coefficient (Wildman–Crippen LogP) is 3.27. The summed E-state index contributed by atoms with van der Waals surface area (Å²) in [6, 6.07) is 5.92. The van der Waals surface area contributed by atoms with E-state index in [2.05, 4.69) is 46.5 Å². The zero-order chi connectivity index (χ0) is 16.8. The van der Waals surface area contributed by atoms with Gasteiger partial charge in [-0.25, -0.2) is 4.99 Å². The van der Waals surface area contributed by atoms with Crippen LogP contribution in [0.5, 0.6) is 0 Å². The van der Waals surface area contributed by atoms with Crippen molar-refractivity contribution in [2.24, 2.45) is 4.99 Å². The van der Waals surface area contributed by atoms with Crippen LogP contribution < -0.4 is 10.6 Å². The molecule has 0 amide bonds. The maximum atomic E-state index is 4.58. The largest absolute Gasteiger partial charge is 0.357 e. The lowest BCUT2D eigenvalue weighted by Gasteiger charge is -2.11. The summed E-state index contributed by atoms with van der Waals surface area (Å²) < 4.78 is 0. The summed E-state index contributed by atoms with van der Waals surface area (Å²) in [4.78, 5) is 11.1. The SMILES string of the molecule is CCNC(=NCc1ccccn1)NCCCCCCCN(C)C.I. The van der Waals surface area contributed by atoms with Gasteiger partial charge in [0.2, 0.25) is 0 Å². The second-order valence-corrected chi connectivity index (χ2v) is 6.01. The highest BCUT2D eigenvalue weighted by Crippen LogP contribution is 2.02. The van der Waals surface area contributed by atoms with Crippen molar-refractivity contribution in [1.82, 2.24) is 20.5 Å². The second kappa shape index (κ2) is 15.6. The molecule has 0 spiro atoms. The first-order valence-electron chi connectivity index (χ1n) is 8.79. The van der Waals surface area contributed by atoms with Gasteiger partial charge in [0, 0.05) is 19.3 Å². The third-order valence-electron chi connectivity index (χ3n) is 3.54. The van der Waals surface area contributed by atoms with Crippen molar-refractivity contribution in [2.45, 2.75) is 45.6 Å². The third kappa shape index (κ3) is 12.5. The lowest BCUT2D eigenvalue weighted by Crippen LogP contribution is -2.37. The van der Waals surface area contributed by atoms with Crippen molar-refractivity contribution in [3.05, 3.63) is 30.1 Å². The highest BCUT2D eigenvalue weighted by atomic mass is 127. The zero-order valence-corrected chi connectivity index (χ0v) is 17.8. The van der Waals surface area contributed by atoms with Crippen LogP contribution in [0.15, 0.2) is 29.4 Å². The Morgan fingerprint density at radius 1 is 1.08 bits per heavy atom. The summed E-state index contributed by atoms with van der Waals surface area (Å²) in [5.41, 5.74) is 0.991. The van der Waals surface area contributed by atoms with Gasteiger partial charge in [-0.15, -0.1) is 24.0 Å². The van der Waals surface area contributed by atoms with Crippen molar-refractivity contribution < 1.29 is 0 Å². The van der Waals surface area contributed by atoms with Crippen molar-refractivity contribution in [1.29, 1.82) is 0 Å². The maximum absolute atomic E-state index is 4.58. The minimum absolute atomic E-state index is 0. The van der Waals surface area contributed by atoms with Gasteiger partial charge in [0.1, 0.15) is 0 Å². The molecule has 0 aliphatic heterocycles. The number of hydrogen-bond donors (Lipinski definition) is 2. The van der Waals surface area contributed by atoms with Crippen LogP contribution in [0.1, 0.15) is 44.7 Å². The fourth-order valence-corrected chi connectivity index (χ4v) is 2.28. The molecule has 0 fully saturated rings. The highest BCUT2D eigenvalue weighted by Gasteiger charge is 1.98. The van der Waals surface area contributed by atoms with Gasteiger partial charge in [0.05, 0.1) is 12.2 Å². The van der Waals surface area contributed by atoms with Crippen LogP contribution in [-0.4, -0.2) is 49.6 Å². The smallest absolute Gasteiger partial charge is 0.191 e. The van der Waals surface area contributed by atoms with Gasteiger partial charge in [0.25, 0.3) is 0 Å². The van der Waals surface area contributed by atoms with E-state index in [-0.39, 0.29) is 24.0 Å². The zero-order valence-electron chi connectivity index (χ0n) is 15.4. The van der Waals surface area contributed by atoms with Gasteiger partial charge in [-0.05, 0) is 52.5 Å². The predicted molar refractivity (Wildman–Crippen MR) is 114 cm³/mol.